The van der Waals surface area contributed by atoms with Crippen molar-refractivity contribution in [3.05, 3.63) is 35.9 Å². The molecule has 0 atom stereocenters. The molecule has 1 saturated carbocycles. The Bertz CT molecular complexity index is 566. The standard InChI is InChI=1S/C20H26O4/c1-2-3-4-15-5-10-17(11-6-15)20(23)24-18-12-7-16(8-13-18)9-14-19(21)22/h7-9,12-15,17H,2-6,10-11H2,1H3,(H,21,22)/b14-9+. The first kappa shape index (κ1) is 18.2. The Morgan fingerprint density at radius 1 is 1.17 bits per heavy atom. The smallest absolute Gasteiger partial charge is 0.328 e. The lowest BCUT2D eigenvalue weighted by molar-refractivity contribution is -0.140. The highest BCUT2D eigenvalue weighted by Gasteiger charge is 2.27. The predicted octanol–water partition coefficient (Wildman–Crippen LogP) is 4.69. The van der Waals surface area contributed by atoms with Crippen molar-refractivity contribution < 1.29 is 19.4 Å². The summed E-state index contributed by atoms with van der Waals surface area (Å²) in [6, 6.07) is 6.88. The topological polar surface area (TPSA) is 63.6 Å². The van der Waals surface area contributed by atoms with E-state index in [1.54, 1.807) is 24.3 Å². The number of esters is 1. The predicted molar refractivity (Wildman–Crippen MR) is 93.7 cm³/mol. The van der Waals surface area contributed by atoms with Crippen LogP contribution in [0.4, 0.5) is 0 Å². The van der Waals surface area contributed by atoms with Crippen LogP contribution in [0.15, 0.2) is 30.3 Å². The molecule has 1 aliphatic carbocycles. The third-order valence-corrected chi connectivity index (χ3v) is 4.66. The largest absolute Gasteiger partial charge is 0.478 e. The minimum Gasteiger partial charge on any atom is -0.478 e. The van der Waals surface area contributed by atoms with E-state index in [4.69, 9.17) is 9.84 Å². The number of carbonyl (C=O) groups excluding carboxylic acids is 1. The van der Waals surface area contributed by atoms with Crippen molar-refractivity contribution >= 4 is 18.0 Å². The number of benzene rings is 1. The van der Waals surface area contributed by atoms with Crippen molar-refractivity contribution in [3.8, 4) is 5.75 Å². The van der Waals surface area contributed by atoms with E-state index in [0.717, 1.165) is 43.2 Å². The van der Waals surface area contributed by atoms with E-state index in [1.165, 1.54) is 25.3 Å². The fourth-order valence-electron chi connectivity index (χ4n) is 3.19. The first-order valence-electron chi connectivity index (χ1n) is 8.81. The summed E-state index contributed by atoms with van der Waals surface area (Å²) in [5, 5.41) is 8.60. The average molecular weight is 330 g/mol. The molecule has 1 aromatic carbocycles. The van der Waals surface area contributed by atoms with Gasteiger partial charge in [0, 0.05) is 6.08 Å². The van der Waals surface area contributed by atoms with Crippen LogP contribution in [0.2, 0.25) is 0 Å². The molecular weight excluding hydrogens is 304 g/mol. The number of rotatable bonds is 7. The molecule has 0 heterocycles. The second kappa shape index (κ2) is 9.26. The highest BCUT2D eigenvalue weighted by Crippen LogP contribution is 2.32. The van der Waals surface area contributed by atoms with Gasteiger partial charge >= 0.3 is 11.9 Å². The van der Waals surface area contributed by atoms with Crippen molar-refractivity contribution in [1.29, 1.82) is 0 Å². The molecule has 1 N–H and O–H groups in total. The minimum atomic E-state index is -0.986. The molecule has 0 unspecified atom stereocenters. The second-order valence-electron chi connectivity index (χ2n) is 6.52. The molecular formula is C20H26O4. The normalized spacial score (nSPS) is 20.9. The van der Waals surface area contributed by atoms with E-state index in [0.29, 0.717) is 5.75 Å². The highest BCUT2D eigenvalue weighted by atomic mass is 16.5. The molecule has 0 saturated heterocycles. The Kier molecular flexibility index (Phi) is 7.04. The van der Waals surface area contributed by atoms with Crippen LogP contribution in [0.5, 0.6) is 5.75 Å². The van der Waals surface area contributed by atoms with Crippen LogP contribution < -0.4 is 4.74 Å². The lowest BCUT2D eigenvalue weighted by Gasteiger charge is -2.27. The quantitative estimate of drug-likeness (QED) is 0.448. The zero-order valence-electron chi connectivity index (χ0n) is 14.2. The van der Waals surface area contributed by atoms with Gasteiger partial charge in [-0.3, -0.25) is 4.79 Å². The lowest BCUT2D eigenvalue weighted by Crippen LogP contribution is -2.25. The van der Waals surface area contributed by atoms with E-state index in [2.05, 4.69) is 6.92 Å². The number of carboxylic acids is 1. The first-order chi connectivity index (χ1) is 11.6. The van der Waals surface area contributed by atoms with Crippen molar-refractivity contribution in [2.75, 3.05) is 0 Å². The zero-order valence-corrected chi connectivity index (χ0v) is 14.2. The number of carbonyl (C=O) groups is 2. The monoisotopic (exact) mass is 330 g/mol. The number of aliphatic carboxylic acids is 1. The number of hydrogen-bond donors (Lipinski definition) is 1. The van der Waals surface area contributed by atoms with Gasteiger partial charge in [0.1, 0.15) is 5.75 Å². The lowest BCUT2D eigenvalue weighted by atomic mass is 9.80. The Morgan fingerprint density at radius 2 is 1.83 bits per heavy atom. The summed E-state index contributed by atoms with van der Waals surface area (Å²) in [7, 11) is 0. The van der Waals surface area contributed by atoms with Crippen molar-refractivity contribution in [1.82, 2.24) is 0 Å². The molecule has 0 bridgehead atoms. The summed E-state index contributed by atoms with van der Waals surface area (Å²) < 4.78 is 5.47. The third kappa shape index (κ3) is 5.84. The average Bonchev–Trinajstić information content (AvgIpc) is 2.59. The van der Waals surface area contributed by atoms with Gasteiger partial charge in [0.25, 0.3) is 0 Å². The van der Waals surface area contributed by atoms with Crippen LogP contribution >= 0.6 is 0 Å². The summed E-state index contributed by atoms with van der Waals surface area (Å²) in [6.45, 7) is 2.21. The van der Waals surface area contributed by atoms with Crippen molar-refractivity contribution in [2.45, 2.75) is 51.9 Å². The molecule has 4 nitrogen and oxygen atoms in total. The van der Waals surface area contributed by atoms with Gasteiger partial charge in [-0.25, -0.2) is 4.79 Å². The molecule has 24 heavy (non-hydrogen) atoms. The van der Waals surface area contributed by atoms with Crippen LogP contribution in [0.3, 0.4) is 0 Å². The minimum absolute atomic E-state index is 0.00876. The maximum Gasteiger partial charge on any atom is 0.328 e. The van der Waals surface area contributed by atoms with Crippen LogP contribution in [0, 0.1) is 11.8 Å². The Morgan fingerprint density at radius 3 is 2.42 bits per heavy atom. The summed E-state index contributed by atoms with van der Waals surface area (Å²) in [4.78, 5) is 22.8. The summed E-state index contributed by atoms with van der Waals surface area (Å²) in [6.07, 6.45) is 10.5. The van der Waals surface area contributed by atoms with E-state index >= 15 is 0 Å². The summed E-state index contributed by atoms with van der Waals surface area (Å²) in [5.41, 5.74) is 0.758. The maximum atomic E-state index is 12.3. The van der Waals surface area contributed by atoms with Gasteiger partial charge in [0.05, 0.1) is 5.92 Å². The molecule has 1 fully saturated rings. The Labute approximate surface area is 143 Å². The second-order valence-corrected chi connectivity index (χ2v) is 6.52. The van der Waals surface area contributed by atoms with Crippen LogP contribution in [0.25, 0.3) is 6.08 Å². The molecule has 1 aliphatic rings. The Hall–Kier alpha value is -2.10. The SMILES string of the molecule is CCCCC1CCC(C(=O)Oc2ccc(/C=C/C(=O)O)cc2)CC1. The van der Waals surface area contributed by atoms with E-state index in [9.17, 15) is 9.59 Å². The highest BCUT2D eigenvalue weighted by molar-refractivity contribution is 5.85. The molecule has 0 amide bonds. The van der Waals surface area contributed by atoms with Gasteiger partial charge in [-0.15, -0.1) is 0 Å². The van der Waals surface area contributed by atoms with Crippen LogP contribution in [-0.2, 0) is 9.59 Å². The molecule has 2 rings (SSSR count). The molecule has 0 aromatic heterocycles. The van der Waals surface area contributed by atoms with Crippen LogP contribution in [0.1, 0.15) is 57.4 Å². The summed E-state index contributed by atoms with van der Waals surface area (Å²) >= 11 is 0. The molecule has 0 aliphatic heterocycles. The first-order valence-corrected chi connectivity index (χ1v) is 8.81. The number of carboxylic acid groups (broad SMARTS) is 1. The third-order valence-electron chi connectivity index (χ3n) is 4.66. The van der Waals surface area contributed by atoms with Gasteiger partial charge < -0.3 is 9.84 Å². The molecule has 0 radical (unpaired) electrons. The molecule has 4 heteroatoms. The van der Waals surface area contributed by atoms with Gasteiger partial charge in [-0.2, -0.15) is 0 Å². The molecule has 0 spiro atoms. The number of ether oxygens (including phenoxy) is 1. The van der Waals surface area contributed by atoms with Crippen molar-refractivity contribution in [2.24, 2.45) is 11.8 Å². The molecule has 1 aromatic rings. The van der Waals surface area contributed by atoms with E-state index in [1.807, 2.05) is 0 Å². The number of unbranched alkanes of at least 4 members (excludes halogenated alkanes) is 1. The fourth-order valence-corrected chi connectivity index (χ4v) is 3.19. The van der Waals surface area contributed by atoms with Crippen LogP contribution in [-0.4, -0.2) is 17.0 Å². The van der Waals surface area contributed by atoms with Crippen molar-refractivity contribution in [3.63, 3.8) is 0 Å². The van der Waals surface area contributed by atoms with Gasteiger partial charge in [0.15, 0.2) is 0 Å². The van der Waals surface area contributed by atoms with Gasteiger partial charge in [-0.05, 0) is 55.4 Å². The number of hydrogen-bond acceptors (Lipinski definition) is 3. The fraction of sp³-hybridized carbons (Fsp3) is 0.500. The Balaban J connectivity index is 1.81. The van der Waals surface area contributed by atoms with Gasteiger partial charge in [-0.1, -0.05) is 38.3 Å². The van der Waals surface area contributed by atoms with E-state index < -0.39 is 5.97 Å². The maximum absolute atomic E-state index is 12.3. The summed E-state index contributed by atoms with van der Waals surface area (Å²) in [5.74, 6) is 0.169. The zero-order chi connectivity index (χ0) is 17.4. The van der Waals surface area contributed by atoms with E-state index in [-0.39, 0.29) is 11.9 Å². The molecule has 130 valence electrons. The van der Waals surface area contributed by atoms with Gasteiger partial charge in [0.2, 0.25) is 0 Å².